The van der Waals surface area contributed by atoms with Crippen LogP contribution in [0.4, 0.5) is 15.3 Å². The maximum atomic E-state index is 12.3. The van der Waals surface area contributed by atoms with Crippen molar-refractivity contribution in [2.45, 2.75) is 11.3 Å². The molecule has 0 atom stereocenters. The molecule has 0 saturated carbocycles. The van der Waals surface area contributed by atoms with E-state index in [9.17, 15) is 9.59 Å². The van der Waals surface area contributed by atoms with Crippen LogP contribution in [0.1, 0.15) is 11.1 Å². The number of urea groups is 2. The smallest absolute Gasteiger partial charge is 0.319 e. The Morgan fingerprint density at radius 3 is 1.56 bits per heavy atom. The molecule has 0 aromatic heterocycles. The highest BCUT2D eigenvalue weighted by Crippen LogP contribution is 2.43. The molecule has 7 heteroatoms. The van der Waals surface area contributed by atoms with E-state index in [1.807, 2.05) is 73.6 Å². The van der Waals surface area contributed by atoms with Crippen LogP contribution < -0.4 is 26.2 Å². The second-order valence-corrected chi connectivity index (χ2v) is 6.47. The third kappa shape index (κ3) is 2.05. The first-order valence-electron chi connectivity index (χ1n) is 8.01. The molecule has 2 aromatic carbocycles. The highest BCUT2D eigenvalue weighted by molar-refractivity contribution is 5.89. The fourth-order valence-electron chi connectivity index (χ4n) is 3.60. The van der Waals surface area contributed by atoms with Crippen molar-refractivity contribution in [3.63, 3.8) is 0 Å². The van der Waals surface area contributed by atoms with E-state index >= 15 is 0 Å². The first-order chi connectivity index (χ1) is 12.0. The number of amides is 4. The van der Waals surface area contributed by atoms with E-state index in [2.05, 4.69) is 21.3 Å². The van der Waals surface area contributed by atoms with E-state index in [0.717, 1.165) is 16.8 Å². The lowest BCUT2D eigenvalue weighted by atomic mass is 9.83. The summed E-state index contributed by atoms with van der Waals surface area (Å²) in [5, 5.41) is 11.6. The molecule has 0 spiro atoms. The van der Waals surface area contributed by atoms with E-state index in [-0.39, 0.29) is 12.1 Å². The van der Waals surface area contributed by atoms with Crippen molar-refractivity contribution in [2.24, 2.45) is 0 Å². The zero-order chi connectivity index (χ0) is 17.7. The molecule has 4 N–H and O–H groups in total. The molecule has 2 aliphatic rings. The van der Waals surface area contributed by atoms with Gasteiger partial charge in [-0.15, -0.1) is 0 Å². The van der Waals surface area contributed by atoms with Crippen molar-refractivity contribution in [1.29, 1.82) is 0 Å². The minimum atomic E-state index is -1.12. The summed E-state index contributed by atoms with van der Waals surface area (Å²) in [5.41, 5.74) is 0.358. The van der Waals surface area contributed by atoms with Gasteiger partial charge in [-0.3, -0.25) is 0 Å². The van der Waals surface area contributed by atoms with Crippen LogP contribution in [0.15, 0.2) is 54.6 Å². The van der Waals surface area contributed by atoms with E-state index in [1.54, 1.807) is 0 Å². The SMILES string of the molecule is CN(C)c1ccc(C23NC(=O)NC2(c2ccccc2)NC(=O)N3)cc1. The monoisotopic (exact) mass is 337 g/mol. The van der Waals surface area contributed by atoms with E-state index in [0.29, 0.717) is 0 Å². The average molecular weight is 337 g/mol. The summed E-state index contributed by atoms with van der Waals surface area (Å²) in [6, 6.07) is 16.4. The van der Waals surface area contributed by atoms with E-state index < -0.39 is 11.3 Å². The van der Waals surface area contributed by atoms with Crippen LogP contribution >= 0.6 is 0 Å². The molecule has 0 bridgehead atoms. The van der Waals surface area contributed by atoms with Gasteiger partial charge in [0.15, 0.2) is 11.3 Å². The number of hydrogen-bond donors (Lipinski definition) is 4. The number of hydrogen-bond acceptors (Lipinski definition) is 3. The Balaban J connectivity index is 1.89. The van der Waals surface area contributed by atoms with Gasteiger partial charge in [-0.2, -0.15) is 0 Å². The number of anilines is 1. The molecule has 25 heavy (non-hydrogen) atoms. The molecule has 2 aliphatic heterocycles. The van der Waals surface area contributed by atoms with Gasteiger partial charge in [0.1, 0.15) is 0 Å². The summed E-state index contributed by atoms with van der Waals surface area (Å²) in [7, 11) is 3.92. The van der Waals surface area contributed by atoms with Gasteiger partial charge in [0.05, 0.1) is 0 Å². The van der Waals surface area contributed by atoms with Crippen molar-refractivity contribution < 1.29 is 9.59 Å². The summed E-state index contributed by atoms with van der Waals surface area (Å²) in [6.45, 7) is 0. The van der Waals surface area contributed by atoms with Crippen LogP contribution in [0.3, 0.4) is 0 Å². The van der Waals surface area contributed by atoms with Gasteiger partial charge in [0.2, 0.25) is 0 Å². The summed E-state index contributed by atoms with van der Waals surface area (Å²) in [5.74, 6) is 0. The maximum Gasteiger partial charge on any atom is 0.319 e. The number of benzene rings is 2. The van der Waals surface area contributed by atoms with Crippen LogP contribution in [-0.2, 0) is 11.3 Å². The minimum Gasteiger partial charge on any atom is -0.378 e. The lowest BCUT2D eigenvalue weighted by Gasteiger charge is -2.37. The van der Waals surface area contributed by atoms with Crippen LogP contribution in [0.5, 0.6) is 0 Å². The van der Waals surface area contributed by atoms with Crippen molar-refractivity contribution in [3.8, 4) is 0 Å². The molecule has 0 unspecified atom stereocenters. The highest BCUT2D eigenvalue weighted by atomic mass is 16.2. The number of nitrogens with zero attached hydrogens (tertiary/aromatic N) is 1. The van der Waals surface area contributed by atoms with Crippen LogP contribution in [0.2, 0.25) is 0 Å². The Morgan fingerprint density at radius 1 is 0.680 bits per heavy atom. The zero-order valence-corrected chi connectivity index (χ0v) is 14.0. The fourth-order valence-corrected chi connectivity index (χ4v) is 3.60. The van der Waals surface area contributed by atoms with Crippen molar-refractivity contribution >= 4 is 17.7 Å². The molecule has 2 saturated heterocycles. The van der Waals surface area contributed by atoms with Gasteiger partial charge >= 0.3 is 12.1 Å². The van der Waals surface area contributed by atoms with Gasteiger partial charge in [-0.05, 0) is 12.1 Å². The molecular formula is C18H19N5O2. The van der Waals surface area contributed by atoms with Gasteiger partial charge in [-0.25, -0.2) is 9.59 Å². The topological polar surface area (TPSA) is 85.5 Å². The van der Waals surface area contributed by atoms with Crippen molar-refractivity contribution in [2.75, 3.05) is 19.0 Å². The van der Waals surface area contributed by atoms with E-state index in [1.165, 1.54) is 0 Å². The molecule has 2 aromatic rings. The van der Waals surface area contributed by atoms with Crippen LogP contribution in [-0.4, -0.2) is 26.2 Å². The number of carbonyl (C=O) groups excluding carboxylic acids is 2. The second kappa shape index (κ2) is 5.14. The first-order valence-corrected chi connectivity index (χ1v) is 8.01. The Kier molecular flexibility index (Phi) is 3.15. The average Bonchev–Trinajstić information content (AvgIpc) is 3.03. The third-order valence-corrected chi connectivity index (χ3v) is 4.79. The molecular weight excluding hydrogens is 318 g/mol. The lowest BCUT2D eigenvalue weighted by Crippen LogP contribution is -2.60. The largest absolute Gasteiger partial charge is 0.378 e. The Hall–Kier alpha value is -3.22. The van der Waals surface area contributed by atoms with Crippen molar-refractivity contribution in [1.82, 2.24) is 21.3 Å². The highest BCUT2D eigenvalue weighted by Gasteiger charge is 2.66. The van der Waals surface area contributed by atoms with Crippen molar-refractivity contribution in [3.05, 3.63) is 65.7 Å². The van der Waals surface area contributed by atoms with Crippen LogP contribution in [0.25, 0.3) is 0 Å². The normalized spacial score (nSPS) is 27.0. The van der Waals surface area contributed by atoms with Gasteiger partial charge < -0.3 is 26.2 Å². The molecule has 4 amide bonds. The zero-order valence-electron chi connectivity index (χ0n) is 14.0. The van der Waals surface area contributed by atoms with E-state index in [4.69, 9.17) is 0 Å². The van der Waals surface area contributed by atoms with Gasteiger partial charge in [0, 0.05) is 30.9 Å². The molecule has 0 radical (unpaired) electrons. The number of fused-ring (bicyclic) bond motifs is 1. The van der Waals surface area contributed by atoms with Gasteiger partial charge in [-0.1, -0.05) is 42.5 Å². The Morgan fingerprint density at radius 2 is 1.12 bits per heavy atom. The first kappa shape index (κ1) is 15.3. The van der Waals surface area contributed by atoms with Gasteiger partial charge in [0.25, 0.3) is 0 Å². The number of carbonyl (C=O) groups is 2. The quantitative estimate of drug-likeness (QED) is 0.683. The number of rotatable bonds is 3. The molecule has 4 rings (SSSR count). The Bertz CT molecular complexity index is 812. The maximum absolute atomic E-state index is 12.3. The van der Waals surface area contributed by atoms with Crippen LogP contribution in [0, 0.1) is 0 Å². The second-order valence-electron chi connectivity index (χ2n) is 6.47. The minimum absolute atomic E-state index is 0.354. The summed E-state index contributed by atoms with van der Waals surface area (Å²) >= 11 is 0. The lowest BCUT2D eigenvalue weighted by molar-refractivity contribution is 0.208. The summed E-state index contributed by atoms with van der Waals surface area (Å²) < 4.78 is 0. The third-order valence-electron chi connectivity index (χ3n) is 4.79. The number of nitrogens with one attached hydrogen (secondary N) is 4. The predicted octanol–water partition coefficient (Wildman–Crippen LogP) is 1.38. The predicted molar refractivity (Wildman–Crippen MR) is 93.9 cm³/mol. The molecule has 0 aliphatic carbocycles. The standard InChI is InChI=1S/C18H19N5O2/c1-23(2)14-10-8-13(9-11-14)18-17(19-15(24)21-18,20-16(25)22-18)12-6-4-3-5-7-12/h3-11H,1-2H3,(H2,19,21,24)(H2,20,22,25). The molecule has 128 valence electrons. The summed E-state index contributed by atoms with van der Waals surface area (Å²) in [6.07, 6.45) is 0. The summed E-state index contributed by atoms with van der Waals surface area (Å²) in [4.78, 5) is 26.5. The molecule has 2 fully saturated rings. The molecule has 7 nitrogen and oxygen atoms in total. The molecule has 2 heterocycles. The Labute approximate surface area is 145 Å². The fraction of sp³-hybridized carbons (Fsp3) is 0.222.